The minimum absolute atomic E-state index is 0.0842. The SMILES string of the molecule is Nc1nccn2c([C@@H]3CCCN3CCCCCSc3cccc4c3C(=O)N(C3CCC(=O)NC3=O)C4=O)nc(-c3ccc(C(=O)Nc4ccccn4)cc3)c12. The third kappa shape index (κ3) is 7.08. The van der Waals surface area contributed by atoms with E-state index in [-0.39, 0.29) is 24.8 Å². The van der Waals surface area contributed by atoms with Crippen molar-refractivity contribution in [1.82, 2.24) is 34.5 Å². The first kappa shape index (κ1) is 36.1. The van der Waals surface area contributed by atoms with Crippen molar-refractivity contribution in [2.24, 2.45) is 0 Å². The first-order chi connectivity index (χ1) is 26.8. The molecule has 1 unspecified atom stereocenters. The minimum Gasteiger partial charge on any atom is -0.382 e. The number of rotatable bonds is 12. The highest BCUT2D eigenvalue weighted by Crippen LogP contribution is 2.38. The van der Waals surface area contributed by atoms with Crippen LogP contribution in [0.1, 0.15) is 87.9 Å². The van der Waals surface area contributed by atoms with Gasteiger partial charge in [-0.05, 0) is 87.3 Å². The van der Waals surface area contributed by atoms with E-state index < -0.39 is 29.7 Å². The van der Waals surface area contributed by atoms with Crippen LogP contribution in [0.3, 0.4) is 0 Å². The largest absolute Gasteiger partial charge is 0.382 e. The van der Waals surface area contributed by atoms with Crippen LogP contribution in [0.5, 0.6) is 0 Å². The number of fused-ring (bicyclic) bond motifs is 2. The fourth-order valence-corrected chi connectivity index (χ4v) is 8.78. The van der Waals surface area contributed by atoms with Gasteiger partial charge in [-0.1, -0.05) is 30.7 Å². The maximum Gasteiger partial charge on any atom is 0.263 e. The van der Waals surface area contributed by atoms with E-state index in [2.05, 4.69) is 25.5 Å². The maximum absolute atomic E-state index is 13.4. The Bertz CT molecular complexity index is 2310. The zero-order chi connectivity index (χ0) is 38.1. The number of aromatic nitrogens is 4. The van der Waals surface area contributed by atoms with Gasteiger partial charge in [-0.3, -0.25) is 43.5 Å². The minimum atomic E-state index is -0.984. The van der Waals surface area contributed by atoms with Crippen LogP contribution < -0.4 is 16.4 Å². The molecule has 3 aliphatic rings. The van der Waals surface area contributed by atoms with Crippen LogP contribution in [-0.2, 0) is 9.59 Å². The number of piperidine rings is 1. The van der Waals surface area contributed by atoms with Crippen LogP contribution in [-0.4, -0.2) is 83.6 Å². The molecule has 0 spiro atoms. The Morgan fingerprint density at radius 2 is 1.76 bits per heavy atom. The Labute approximate surface area is 320 Å². The van der Waals surface area contributed by atoms with Gasteiger partial charge in [-0.2, -0.15) is 0 Å². The van der Waals surface area contributed by atoms with Crippen molar-refractivity contribution in [3.8, 4) is 11.3 Å². The molecular weight excluding hydrogens is 719 g/mol. The lowest BCUT2D eigenvalue weighted by Gasteiger charge is -2.27. The summed E-state index contributed by atoms with van der Waals surface area (Å²) in [5.41, 5.74) is 9.87. The molecule has 55 heavy (non-hydrogen) atoms. The van der Waals surface area contributed by atoms with Crippen LogP contribution in [0, 0.1) is 0 Å². The van der Waals surface area contributed by atoms with E-state index in [1.807, 2.05) is 34.9 Å². The normalized spacial score (nSPS) is 18.6. The summed E-state index contributed by atoms with van der Waals surface area (Å²) < 4.78 is 2.05. The van der Waals surface area contributed by atoms with Gasteiger partial charge in [0.25, 0.3) is 17.7 Å². The molecule has 8 rings (SSSR count). The summed E-state index contributed by atoms with van der Waals surface area (Å²) in [6.45, 7) is 1.86. The second kappa shape index (κ2) is 15.4. The predicted molar refractivity (Wildman–Crippen MR) is 206 cm³/mol. The van der Waals surface area contributed by atoms with Crippen molar-refractivity contribution < 1.29 is 24.0 Å². The fourth-order valence-electron chi connectivity index (χ4n) is 7.69. The van der Waals surface area contributed by atoms with Gasteiger partial charge in [0.1, 0.15) is 34.7 Å². The molecule has 0 aliphatic carbocycles. The summed E-state index contributed by atoms with van der Waals surface area (Å²) >= 11 is 1.54. The van der Waals surface area contributed by atoms with E-state index in [1.165, 1.54) is 0 Å². The lowest BCUT2D eigenvalue weighted by Crippen LogP contribution is -2.54. The van der Waals surface area contributed by atoms with Crippen LogP contribution >= 0.6 is 11.8 Å². The molecule has 0 saturated carbocycles. The molecule has 14 nitrogen and oxygen atoms in total. The van der Waals surface area contributed by atoms with Gasteiger partial charge in [-0.25, -0.2) is 15.0 Å². The summed E-state index contributed by atoms with van der Waals surface area (Å²) in [6, 6.07) is 17.0. The average Bonchev–Trinajstić information content (AvgIpc) is 3.89. The van der Waals surface area contributed by atoms with Crippen LogP contribution in [0.15, 0.2) is 84.1 Å². The van der Waals surface area contributed by atoms with Crippen LogP contribution in [0.4, 0.5) is 11.6 Å². The molecule has 280 valence electrons. The van der Waals surface area contributed by atoms with E-state index in [9.17, 15) is 24.0 Å². The molecule has 3 aliphatic heterocycles. The fraction of sp³-hybridized carbons (Fsp3) is 0.300. The number of nitrogen functional groups attached to an aromatic ring is 1. The average molecular weight is 758 g/mol. The molecular formula is C40H39N9O5S. The van der Waals surface area contributed by atoms with E-state index >= 15 is 0 Å². The van der Waals surface area contributed by atoms with Gasteiger partial charge in [-0.15, -0.1) is 11.8 Å². The molecule has 3 aromatic heterocycles. The lowest BCUT2D eigenvalue weighted by molar-refractivity contribution is -0.136. The number of hydrogen-bond acceptors (Lipinski definition) is 11. The smallest absolute Gasteiger partial charge is 0.263 e. The Kier molecular flexibility index (Phi) is 10.1. The van der Waals surface area contributed by atoms with Crippen molar-refractivity contribution in [2.45, 2.75) is 61.9 Å². The molecule has 0 radical (unpaired) electrons. The van der Waals surface area contributed by atoms with Gasteiger partial charge in [0, 0.05) is 41.0 Å². The zero-order valence-electron chi connectivity index (χ0n) is 29.9. The van der Waals surface area contributed by atoms with Crippen molar-refractivity contribution in [1.29, 1.82) is 0 Å². The predicted octanol–water partition coefficient (Wildman–Crippen LogP) is 5.13. The number of nitrogens with one attached hydrogen (secondary N) is 2. The Morgan fingerprint density at radius 1 is 0.909 bits per heavy atom. The monoisotopic (exact) mass is 757 g/mol. The topological polar surface area (TPSA) is 185 Å². The number of carbonyl (C=O) groups excluding carboxylic acids is 5. The number of nitrogens with zero attached hydrogens (tertiary/aromatic N) is 6. The van der Waals surface area contributed by atoms with Crippen molar-refractivity contribution in [3.05, 3.63) is 102 Å². The summed E-state index contributed by atoms with van der Waals surface area (Å²) in [6.07, 6.45) is 10.3. The number of nitrogens with two attached hydrogens (primary N) is 1. The van der Waals surface area contributed by atoms with Crippen LogP contribution in [0.2, 0.25) is 0 Å². The number of thioether (sulfide) groups is 1. The van der Waals surface area contributed by atoms with Gasteiger partial charge in [0.15, 0.2) is 0 Å². The molecule has 0 bridgehead atoms. The number of amides is 5. The molecule has 4 N–H and O–H groups in total. The molecule has 6 heterocycles. The van der Waals surface area contributed by atoms with E-state index in [1.54, 1.807) is 60.6 Å². The highest BCUT2D eigenvalue weighted by atomic mass is 32.2. The third-order valence-electron chi connectivity index (χ3n) is 10.4. The van der Waals surface area contributed by atoms with Crippen molar-refractivity contribution in [2.75, 3.05) is 29.9 Å². The van der Waals surface area contributed by atoms with Gasteiger partial charge in [0.05, 0.1) is 17.2 Å². The summed E-state index contributed by atoms with van der Waals surface area (Å²) in [4.78, 5) is 81.5. The van der Waals surface area contributed by atoms with Gasteiger partial charge >= 0.3 is 0 Å². The van der Waals surface area contributed by atoms with Gasteiger partial charge in [0.2, 0.25) is 11.8 Å². The van der Waals surface area contributed by atoms with E-state index in [0.29, 0.717) is 34.0 Å². The number of carbonyl (C=O) groups is 5. The number of likely N-dealkylation sites (tertiary alicyclic amines) is 1. The second-order valence-electron chi connectivity index (χ2n) is 13.8. The number of imidazole rings is 1. The second-order valence-corrected chi connectivity index (χ2v) is 15.0. The molecule has 2 saturated heterocycles. The number of unbranched alkanes of at least 4 members (excludes halogenated alkanes) is 2. The Hall–Kier alpha value is -5.93. The number of imide groups is 2. The number of pyridine rings is 1. The standard InChI is InChI=1S/C40H39N9O5S/c41-35-34-33(24-12-14-25(15-13-24)37(51)44-30-11-2-3-18-42-30)46-36(48(34)22-19-43-35)27-9-7-21-47(27)20-4-1-5-23-55-29-10-6-8-26-32(29)40(54)49(39(26)53)28-16-17-31(50)45-38(28)52/h2-3,6,8,10-15,18-19,22,27-28H,1,4-5,7,9,16-17,20-21,23H2,(H2,41,43)(H,42,44,51)(H,45,50,52)/t27-,28?/m0/s1. The lowest BCUT2D eigenvalue weighted by atomic mass is 10.0. The molecule has 5 aromatic rings. The number of benzene rings is 2. The summed E-state index contributed by atoms with van der Waals surface area (Å²) in [7, 11) is 0. The number of hydrogen-bond donors (Lipinski definition) is 3. The Balaban J connectivity index is 0.891. The van der Waals surface area contributed by atoms with Crippen molar-refractivity contribution >= 4 is 58.5 Å². The molecule has 2 fully saturated rings. The van der Waals surface area contributed by atoms with E-state index in [0.717, 1.165) is 77.6 Å². The highest BCUT2D eigenvalue weighted by Gasteiger charge is 2.45. The number of anilines is 2. The van der Waals surface area contributed by atoms with Crippen molar-refractivity contribution in [3.63, 3.8) is 0 Å². The molecule has 5 amide bonds. The first-order valence-electron chi connectivity index (χ1n) is 18.4. The van der Waals surface area contributed by atoms with Gasteiger partial charge < -0.3 is 11.1 Å². The quantitative estimate of drug-likeness (QED) is 0.0871. The molecule has 2 atom stereocenters. The third-order valence-corrected chi connectivity index (χ3v) is 11.5. The zero-order valence-corrected chi connectivity index (χ0v) is 30.8. The molecule has 15 heteroatoms. The van der Waals surface area contributed by atoms with Crippen LogP contribution in [0.25, 0.3) is 16.8 Å². The van der Waals surface area contributed by atoms with E-state index in [4.69, 9.17) is 10.7 Å². The highest BCUT2D eigenvalue weighted by molar-refractivity contribution is 7.99. The maximum atomic E-state index is 13.4. The molecule has 2 aromatic carbocycles. The Morgan fingerprint density at radius 3 is 2.56 bits per heavy atom. The summed E-state index contributed by atoms with van der Waals surface area (Å²) in [5, 5.41) is 5.06. The first-order valence-corrected chi connectivity index (χ1v) is 19.4. The summed E-state index contributed by atoms with van der Waals surface area (Å²) in [5.74, 6) is 0.302.